The van der Waals surface area contributed by atoms with Crippen LogP contribution in [-0.2, 0) is 7.05 Å². The number of rotatable bonds is 1. The van der Waals surface area contributed by atoms with Crippen LogP contribution in [0.15, 0.2) is 22.8 Å². The molecule has 2 heterocycles. The van der Waals surface area contributed by atoms with Gasteiger partial charge in [-0.25, -0.2) is 0 Å². The lowest BCUT2D eigenvalue weighted by Crippen LogP contribution is -2.26. The van der Waals surface area contributed by atoms with E-state index in [0.717, 1.165) is 27.1 Å². The second-order valence-electron chi connectivity index (χ2n) is 6.09. The van der Waals surface area contributed by atoms with E-state index in [9.17, 15) is 0 Å². The summed E-state index contributed by atoms with van der Waals surface area (Å²) in [6, 6.07) is 3.93. The van der Waals surface area contributed by atoms with Crippen molar-refractivity contribution in [2.45, 2.75) is 13.8 Å². The molecule has 112 valence electrons. The smallest absolute Gasteiger partial charge is 0.175 e. The van der Waals surface area contributed by atoms with Crippen LogP contribution in [0.25, 0.3) is 11.1 Å². The van der Waals surface area contributed by atoms with Gasteiger partial charge in [-0.3, -0.25) is 4.68 Å². The predicted molar refractivity (Wildman–Crippen MR) is 85.5 cm³/mol. The van der Waals surface area contributed by atoms with Crippen LogP contribution in [0, 0.1) is 5.41 Å². The summed E-state index contributed by atoms with van der Waals surface area (Å²) < 4.78 is 14.3. The van der Waals surface area contributed by atoms with Crippen molar-refractivity contribution in [3.8, 4) is 22.6 Å². The van der Waals surface area contributed by atoms with E-state index in [4.69, 9.17) is 15.2 Å². The number of fused-ring (bicyclic) bond motifs is 1. The Morgan fingerprint density at radius 2 is 2.00 bits per heavy atom. The molecule has 2 aromatic rings. The fourth-order valence-electron chi connectivity index (χ4n) is 2.22. The molecule has 0 atom stereocenters. The third kappa shape index (κ3) is 2.60. The van der Waals surface area contributed by atoms with Gasteiger partial charge in [-0.05, 0) is 33.6 Å². The van der Waals surface area contributed by atoms with E-state index < -0.39 is 0 Å². The normalized spacial score (nSPS) is 16.6. The molecular formula is C15H18BrN3O2. The summed E-state index contributed by atoms with van der Waals surface area (Å²) in [6.45, 7) is 5.46. The third-order valence-electron chi connectivity index (χ3n) is 3.53. The van der Waals surface area contributed by atoms with Gasteiger partial charge >= 0.3 is 0 Å². The van der Waals surface area contributed by atoms with Gasteiger partial charge in [-0.1, -0.05) is 13.8 Å². The Labute approximate surface area is 132 Å². The number of nitrogen functional groups attached to an aromatic ring is 1. The maximum absolute atomic E-state index is 6.05. The van der Waals surface area contributed by atoms with Crippen molar-refractivity contribution in [2.24, 2.45) is 12.5 Å². The maximum Gasteiger partial charge on any atom is 0.175 e. The fraction of sp³-hybridized carbons (Fsp3) is 0.400. The number of hydrogen-bond donors (Lipinski definition) is 1. The van der Waals surface area contributed by atoms with E-state index in [1.165, 1.54) is 0 Å². The number of anilines is 1. The van der Waals surface area contributed by atoms with Crippen LogP contribution in [-0.4, -0.2) is 23.0 Å². The lowest BCUT2D eigenvalue weighted by Gasteiger charge is -2.19. The molecule has 0 amide bonds. The van der Waals surface area contributed by atoms with Gasteiger partial charge in [0, 0.05) is 18.0 Å². The highest BCUT2D eigenvalue weighted by Crippen LogP contribution is 2.43. The summed E-state index contributed by atoms with van der Waals surface area (Å²) in [4.78, 5) is 0. The van der Waals surface area contributed by atoms with Crippen LogP contribution in [0.5, 0.6) is 11.5 Å². The molecule has 0 saturated heterocycles. The molecular weight excluding hydrogens is 334 g/mol. The zero-order chi connectivity index (χ0) is 15.2. The van der Waals surface area contributed by atoms with Gasteiger partial charge in [0.25, 0.3) is 0 Å². The van der Waals surface area contributed by atoms with Gasteiger partial charge in [-0.15, -0.1) is 0 Å². The standard InChI is InChI=1S/C15H18BrN3O2/c1-15(2)7-20-12-5-9(4-11(16)13(12)21-8-15)10-6-18-19(3)14(10)17/h4-6H,7-8,17H2,1-3H3. The highest BCUT2D eigenvalue weighted by Gasteiger charge is 2.27. The molecule has 0 radical (unpaired) electrons. The molecule has 3 rings (SSSR count). The van der Waals surface area contributed by atoms with Crippen molar-refractivity contribution in [1.82, 2.24) is 9.78 Å². The first-order chi connectivity index (χ1) is 9.87. The average molecular weight is 352 g/mol. The van der Waals surface area contributed by atoms with Crippen LogP contribution < -0.4 is 15.2 Å². The zero-order valence-corrected chi connectivity index (χ0v) is 13.9. The molecule has 5 nitrogen and oxygen atoms in total. The largest absolute Gasteiger partial charge is 0.489 e. The van der Waals surface area contributed by atoms with Gasteiger partial charge in [0.1, 0.15) is 5.82 Å². The van der Waals surface area contributed by atoms with Crippen molar-refractivity contribution >= 4 is 21.7 Å². The molecule has 1 aromatic carbocycles. The molecule has 0 aliphatic carbocycles. The van der Waals surface area contributed by atoms with Crippen LogP contribution in [0.3, 0.4) is 0 Å². The second kappa shape index (κ2) is 4.94. The Balaban J connectivity index is 2.06. The highest BCUT2D eigenvalue weighted by atomic mass is 79.9. The van der Waals surface area contributed by atoms with Crippen molar-refractivity contribution < 1.29 is 9.47 Å². The first-order valence-electron chi connectivity index (χ1n) is 6.74. The summed E-state index contributed by atoms with van der Waals surface area (Å²) >= 11 is 3.56. The molecule has 1 aliphatic rings. The van der Waals surface area contributed by atoms with Gasteiger partial charge < -0.3 is 15.2 Å². The number of ether oxygens (including phenoxy) is 2. The van der Waals surface area contributed by atoms with E-state index in [1.807, 2.05) is 19.2 Å². The Kier molecular flexibility index (Phi) is 3.36. The van der Waals surface area contributed by atoms with E-state index in [2.05, 4.69) is 34.9 Å². The Hall–Kier alpha value is -1.69. The monoisotopic (exact) mass is 351 g/mol. The summed E-state index contributed by atoms with van der Waals surface area (Å²) in [5.41, 5.74) is 7.86. The molecule has 0 fully saturated rings. The van der Waals surface area contributed by atoms with E-state index in [-0.39, 0.29) is 5.41 Å². The lowest BCUT2D eigenvalue weighted by molar-refractivity contribution is 0.140. The maximum atomic E-state index is 6.05. The predicted octanol–water partition coefficient (Wildman–Crippen LogP) is 3.23. The van der Waals surface area contributed by atoms with Gasteiger partial charge in [0.15, 0.2) is 11.5 Å². The van der Waals surface area contributed by atoms with Crippen molar-refractivity contribution in [2.75, 3.05) is 18.9 Å². The van der Waals surface area contributed by atoms with Crippen molar-refractivity contribution in [1.29, 1.82) is 0 Å². The minimum Gasteiger partial charge on any atom is -0.489 e. The summed E-state index contributed by atoms with van der Waals surface area (Å²) in [7, 11) is 1.82. The number of nitrogens with zero attached hydrogens (tertiary/aromatic N) is 2. The second-order valence-corrected chi connectivity index (χ2v) is 6.95. The van der Waals surface area contributed by atoms with Crippen LogP contribution in [0.2, 0.25) is 0 Å². The number of halogens is 1. The summed E-state index contributed by atoms with van der Waals surface area (Å²) in [5, 5.41) is 4.18. The Bertz CT molecular complexity index is 694. The molecule has 0 saturated carbocycles. The number of aromatic nitrogens is 2. The Morgan fingerprint density at radius 3 is 2.67 bits per heavy atom. The van der Waals surface area contributed by atoms with Gasteiger partial charge in [0.05, 0.1) is 23.9 Å². The number of benzene rings is 1. The highest BCUT2D eigenvalue weighted by molar-refractivity contribution is 9.10. The van der Waals surface area contributed by atoms with Crippen LogP contribution >= 0.6 is 15.9 Å². The number of hydrogen-bond acceptors (Lipinski definition) is 4. The zero-order valence-electron chi connectivity index (χ0n) is 12.3. The molecule has 21 heavy (non-hydrogen) atoms. The van der Waals surface area contributed by atoms with E-state index in [0.29, 0.717) is 19.0 Å². The van der Waals surface area contributed by atoms with Gasteiger partial charge in [-0.2, -0.15) is 5.10 Å². The SMILES string of the molecule is Cn1ncc(-c2cc(Br)c3c(c2)OCC(C)(C)CO3)c1N. The summed E-state index contributed by atoms with van der Waals surface area (Å²) in [6.07, 6.45) is 1.75. The minimum absolute atomic E-state index is 0.0219. The molecule has 6 heteroatoms. The molecule has 0 unspecified atom stereocenters. The molecule has 2 N–H and O–H groups in total. The first kappa shape index (κ1) is 14.3. The fourth-order valence-corrected chi connectivity index (χ4v) is 2.78. The topological polar surface area (TPSA) is 62.3 Å². The first-order valence-corrected chi connectivity index (χ1v) is 7.54. The average Bonchev–Trinajstić information content (AvgIpc) is 2.65. The van der Waals surface area contributed by atoms with E-state index in [1.54, 1.807) is 10.9 Å². The van der Waals surface area contributed by atoms with E-state index >= 15 is 0 Å². The van der Waals surface area contributed by atoms with Crippen LogP contribution in [0.4, 0.5) is 5.82 Å². The summed E-state index contributed by atoms with van der Waals surface area (Å²) in [5.74, 6) is 2.09. The molecule has 1 aliphatic heterocycles. The van der Waals surface area contributed by atoms with Crippen LogP contribution in [0.1, 0.15) is 13.8 Å². The minimum atomic E-state index is -0.0219. The molecule has 0 bridgehead atoms. The number of nitrogens with two attached hydrogens (primary N) is 1. The molecule has 0 spiro atoms. The number of aryl methyl sites for hydroxylation is 1. The van der Waals surface area contributed by atoms with Crippen molar-refractivity contribution in [3.63, 3.8) is 0 Å². The Morgan fingerprint density at radius 1 is 1.29 bits per heavy atom. The molecule has 1 aromatic heterocycles. The quantitative estimate of drug-likeness (QED) is 0.856. The van der Waals surface area contributed by atoms with Gasteiger partial charge in [0.2, 0.25) is 0 Å². The lowest BCUT2D eigenvalue weighted by atomic mass is 9.97. The third-order valence-corrected chi connectivity index (χ3v) is 4.12. The van der Waals surface area contributed by atoms with Crippen molar-refractivity contribution in [3.05, 3.63) is 22.8 Å².